The van der Waals surface area contributed by atoms with Crippen LogP contribution in [0.3, 0.4) is 0 Å². The molecule has 0 radical (unpaired) electrons. The van der Waals surface area contributed by atoms with E-state index in [1.54, 1.807) is 6.07 Å². The van der Waals surface area contributed by atoms with Crippen LogP contribution in [0, 0.1) is 10.1 Å². The Morgan fingerprint density at radius 1 is 1.38 bits per heavy atom. The van der Waals surface area contributed by atoms with Crippen molar-refractivity contribution in [2.75, 3.05) is 27.3 Å². The number of methoxy groups -OCH3 is 2. The number of hydrogen-bond acceptors (Lipinski definition) is 6. The van der Waals surface area contributed by atoms with E-state index in [4.69, 9.17) is 4.74 Å². The van der Waals surface area contributed by atoms with Crippen LogP contribution in [0.5, 0.6) is 5.75 Å². The van der Waals surface area contributed by atoms with Crippen molar-refractivity contribution in [3.05, 3.63) is 33.9 Å². The second-order valence-electron chi connectivity index (χ2n) is 4.54. The van der Waals surface area contributed by atoms with Gasteiger partial charge >= 0.3 is 5.97 Å². The SMILES string of the molecule is CCCN(CC(=O)OC)Cc1cc([N+](=O)[O-])ccc1OC. The maximum absolute atomic E-state index is 11.4. The van der Waals surface area contributed by atoms with E-state index in [-0.39, 0.29) is 18.2 Å². The van der Waals surface area contributed by atoms with E-state index in [1.807, 2.05) is 11.8 Å². The molecule has 0 heterocycles. The Balaban J connectivity index is 2.97. The normalized spacial score (nSPS) is 10.5. The number of ether oxygens (including phenoxy) is 2. The molecule has 7 nitrogen and oxygen atoms in total. The molecule has 0 spiro atoms. The van der Waals surface area contributed by atoms with Crippen LogP contribution >= 0.6 is 0 Å². The summed E-state index contributed by atoms with van der Waals surface area (Å²) in [6.45, 7) is 3.19. The van der Waals surface area contributed by atoms with Gasteiger partial charge in [-0.2, -0.15) is 0 Å². The zero-order valence-electron chi connectivity index (χ0n) is 12.5. The van der Waals surface area contributed by atoms with E-state index < -0.39 is 4.92 Å². The predicted molar refractivity (Wildman–Crippen MR) is 77.2 cm³/mol. The smallest absolute Gasteiger partial charge is 0.319 e. The molecular formula is C14H20N2O5. The zero-order chi connectivity index (χ0) is 15.8. The van der Waals surface area contributed by atoms with Crippen LogP contribution in [0.15, 0.2) is 18.2 Å². The molecule has 0 saturated carbocycles. The summed E-state index contributed by atoms with van der Waals surface area (Å²) in [6, 6.07) is 4.43. The fourth-order valence-corrected chi connectivity index (χ4v) is 2.02. The quantitative estimate of drug-likeness (QED) is 0.414. The summed E-state index contributed by atoms with van der Waals surface area (Å²) >= 11 is 0. The molecule has 0 fully saturated rings. The second kappa shape index (κ2) is 8.21. The standard InChI is InChI=1S/C14H20N2O5/c1-4-7-15(10-14(17)21-3)9-11-8-12(16(18)19)5-6-13(11)20-2/h5-6,8H,4,7,9-10H2,1-3H3. The molecule has 0 bridgehead atoms. The predicted octanol–water partition coefficient (Wildman–Crippen LogP) is 1.99. The van der Waals surface area contributed by atoms with Crippen LogP contribution in [-0.4, -0.2) is 43.1 Å². The lowest BCUT2D eigenvalue weighted by Gasteiger charge is -2.21. The van der Waals surface area contributed by atoms with Crippen molar-refractivity contribution in [2.45, 2.75) is 19.9 Å². The highest BCUT2D eigenvalue weighted by Crippen LogP contribution is 2.25. The van der Waals surface area contributed by atoms with Crippen molar-refractivity contribution < 1.29 is 19.2 Å². The molecule has 1 aromatic rings. The van der Waals surface area contributed by atoms with E-state index in [0.29, 0.717) is 24.4 Å². The van der Waals surface area contributed by atoms with Crippen LogP contribution in [0.1, 0.15) is 18.9 Å². The lowest BCUT2D eigenvalue weighted by molar-refractivity contribution is -0.384. The third-order valence-corrected chi connectivity index (χ3v) is 2.99. The third-order valence-electron chi connectivity index (χ3n) is 2.99. The minimum Gasteiger partial charge on any atom is -0.496 e. The van der Waals surface area contributed by atoms with Gasteiger partial charge in [0, 0.05) is 24.2 Å². The number of nitro benzene ring substituents is 1. The molecule has 0 aliphatic heterocycles. The van der Waals surface area contributed by atoms with Gasteiger partial charge in [0.05, 0.1) is 25.7 Å². The van der Waals surface area contributed by atoms with Crippen LogP contribution < -0.4 is 4.74 Å². The van der Waals surface area contributed by atoms with Crippen molar-refractivity contribution in [3.63, 3.8) is 0 Å². The summed E-state index contributed by atoms with van der Waals surface area (Å²) in [5.41, 5.74) is 0.671. The summed E-state index contributed by atoms with van der Waals surface area (Å²) in [4.78, 5) is 23.7. The molecule has 0 atom stereocenters. The van der Waals surface area contributed by atoms with Crippen molar-refractivity contribution in [1.29, 1.82) is 0 Å². The molecular weight excluding hydrogens is 276 g/mol. The van der Waals surface area contributed by atoms with Gasteiger partial charge in [0.2, 0.25) is 0 Å². The molecule has 21 heavy (non-hydrogen) atoms. The van der Waals surface area contributed by atoms with Gasteiger partial charge in [0.25, 0.3) is 5.69 Å². The highest BCUT2D eigenvalue weighted by molar-refractivity contribution is 5.71. The van der Waals surface area contributed by atoms with Gasteiger partial charge < -0.3 is 9.47 Å². The number of benzene rings is 1. The molecule has 0 amide bonds. The summed E-state index contributed by atoms with van der Waals surface area (Å²) in [7, 11) is 2.84. The van der Waals surface area contributed by atoms with Crippen molar-refractivity contribution in [2.24, 2.45) is 0 Å². The van der Waals surface area contributed by atoms with Crippen LogP contribution in [0.25, 0.3) is 0 Å². The molecule has 116 valence electrons. The van der Waals surface area contributed by atoms with E-state index in [1.165, 1.54) is 26.4 Å². The third kappa shape index (κ3) is 5.03. The van der Waals surface area contributed by atoms with Crippen molar-refractivity contribution >= 4 is 11.7 Å². The van der Waals surface area contributed by atoms with Gasteiger partial charge in [-0.3, -0.25) is 19.8 Å². The highest BCUT2D eigenvalue weighted by atomic mass is 16.6. The molecule has 0 aliphatic rings. The summed E-state index contributed by atoms with van der Waals surface area (Å²) in [6.07, 6.45) is 0.855. The Morgan fingerprint density at radius 3 is 2.62 bits per heavy atom. The highest BCUT2D eigenvalue weighted by Gasteiger charge is 2.16. The van der Waals surface area contributed by atoms with E-state index in [9.17, 15) is 14.9 Å². The second-order valence-corrected chi connectivity index (χ2v) is 4.54. The first-order valence-corrected chi connectivity index (χ1v) is 6.62. The van der Waals surface area contributed by atoms with Gasteiger partial charge in [0.15, 0.2) is 0 Å². The van der Waals surface area contributed by atoms with E-state index in [2.05, 4.69) is 4.74 Å². The number of nitrogens with zero attached hydrogens (tertiary/aromatic N) is 2. The first-order chi connectivity index (χ1) is 10.0. The lowest BCUT2D eigenvalue weighted by Crippen LogP contribution is -2.31. The summed E-state index contributed by atoms with van der Waals surface area (Å²) in [5, 5.41) is 10.9. The first-order valence-electron chi connectivity index (χ1n) is 6.62. The topological polar surface area (TPSA) is 81.9 Å². The maximum atomic E-state index is 11.4. The van der Waals surface area contributed by atoms with Gasteiger partial charge in [-0.15, -0.1) is 0 Å². The van der Waals surface area contributed by atoms with Gasteiger partial charge in [-0.1, -0.05) is 6.92 Å². The largest absolute Gasteiger partial charge is 0.496 e. The lowest BCUT2D eigenvalue weighted by atomic mass is 10.1. The Morgan fingerprint density at radius 2 is 2.10 bits per heavy atom. The van der Waals surface area contributed by atoms with E-state index >= 15 is 0 Å². The maximum Gasteiger partial charge on any atom is 0.319 e. The van der Waals surface area contributed by atoms with Crippen LogP contribution in [0.2, 0.25) is 0 Å². The molecule has 0 aromatic heterocycles. The fraction of sp³-hybridized carbons (Fsp3) is 0.500. The Labute approximate surface area is 123 Å². The number of carbonyl (C=O) groups excluding carboxylic acids is 1. The number of carbonyl (C=O) groups is 1. The number of non-ortho nitro benzene ring substituents is 1. The minimum absolute atomic E-state index is 0.000293. The Hall–Kier alpha value is -2.15. The summed E-state index contributed by atoms with van der Waals surface area (Å²) < 4.78 is 9.89. The van der Waals surface area contributed by atoms with Gasteiger partial charge in [0.1, 0.15) is 5.75 Å². The number of esters is 1. The van der Waals surface area contributed by atoms with Crippen LogP contribution in [-0.2, 0) is 16.1 Å². The van der Waals surface area contributed by atoms with Gasteiger partial charge in [-0.05, 0) is 19.0 Å². The molecule has 7 heteroatoms. The van der Waals surface area contributed by atoms with Crippen LogP contribution in [0.4, 0.5) is 5.69 Å². The fourth-order valence-electron chi connectivity index (χ4n) is 2.02. The van der Waals surface area contributed by atoms with Crippen molar-refractivity contribution in [3.8, 4) is 5.75 Å². The minimum atomic E-state index is -0.451. The first kappa shape index (κ1) is 16.9. The average Bonchev–Trinajstić information content (AvgIpc) is 2.47. The summed E-state index contributed by atoms with van der Waals surface area (Å²) in [5.74, 6) is 0.222. The number of hydrogen-bond donors (Lipinski definition) is 0. The molecule has 1 rings (SSSR count). The molecule has 0 aliphatic carbocycles. The molecule has 1 aromatic carbocycles. The Kier molecular flexibility index (Phi) is 6.61. The van der Waals surface area contributed by atoms with E-state index in [0.717, 1.165) is 6.42 Å². The zero-order valence-corrected chi connectivity index (χ0v) is 12.5. The number of nitro groups is 1. The Bertz CT molecular complexity index is 504. The van der Waals surface area contributed by atoms with Gasteiger partial charge in [-0.25, -0.2) is 0 Å². The monoisotopic (exact) mass is 296 g/mol. The molecule has 0 saturated heterocycles. The average molecular weight is 296 g/mol. The molecule has 0 N–H and O–H groups in total. The van der Waals surface area contributed by atoms with Crippen molar-refractivity contribution in [1.82, 2.24) is 4.90 Å². The number of rotatable bonds is 8. The molecule has 0 unspecified atom stereocenters.